The maximum absolute atomic E-state index is 12.9. The van der Waals surface area contributed by atoms with Gasteiger partial charge in [-0.3, -0.25) is 4.57 Å². The summed E-state index contributed by atoms with van der Waals surface area (Å²) in [5.74, 6) is 0.918. The molecule has 0 bridgehead atoms. The summed E-state index contributed by atoms with van der Waals surface area (Å²) in [6.07, 6.45) is 1.38. The number of nitrogens with zero attached hydrogens (tertiary/aromatic N) is 2. The molecule has 0 radical (unpaired) electrons. The summed E-state index contributed by atoms with van der Waals surface area (Å²) in [7, 11) is 0. The third-order valence-electron chi connectivity index (χ3n) is 4.34. The van der Waals surface area contributed by atoms with Crippen LogP contribution < -0.4 is 5.32 Å². The number of nitrogens with one attached hydrogen (secondary N) is 1. The van der Waals surface area contributed by atoms with Gasteiger partial charge in [0.2, 0.25) is 5.95 Å². The van der Waals surface area contributed by atoms with Gasteiger partial charge in [0.05, 0.1) is 29.0 Å². The minimum atomic E-state index is -0.472. The zero-order valence-electron chi connectivity index (χ0n) is 14.9. The first-order chi connectivity index (χ1) is 12.9. The number of allylic oxidation sites excluding steroid dienone is 1. The summed E-state index contributed by atoms with van der Waals surface area (Å²) < 4.78 is 15.0. The molecule has 3 aromatic rings. The van der Waals surface area contributed by atoms with Crippen molar-refractivity contribution in [3.05, 3.63) is 56.5 Å². The van der Waals surface area contributed by atoms with Gasteiger partial charge in [0.25, 0.3) is 0 Å². The van der Waals surface area contributed by atoms with Crippen molar-refractivity contribution in [1.29, 1.82) is 0 Å². The van der Waals surface area contributed by atoms with Crippen molar-refractivity contribution < 1.29 is 13.9 Å². The molecular weight excluding hydrogens is 478 g/mol. The van der Waals surface area contributed by atoms with E-state index in [1.165, 1.54) is 0 Å². The van der Waals surface area contributed by atoms with E-state index < -0.39 is 6.04 Å². The summed E-state index contributed by atoms with van der Waals surface area (Å²) in [6.45, 7) is 5.51. The summed E-state index contributed by atoms with van der Waals surface area (Å²) >= 11 is 7.07. The zero-order chi connectivity index (χ0) is 19.3. The molecule has 4 rings (SSSR count). The highest BCUT2D eigenvalue weighted by Gasteiger charge is 2.37. The number of fused-ring (bicyclic) bond motifs is 3. The highest BCUT2D eigenvalue weighted by Crippen LogP contribution is 2.41. The molecule has 0 amide bonds. The van der Waals surface area contributed by atoms with Crippen molar-refractivity contribution >= 4 is 54.8 Å². The normalized spacial score (nSPS) is 16.6. The number of carbonyl (C=O) groups excluding carboxylic acids is 1. The number of imidazole rings is 1. The largest absolute Gasteiger partial charge is 0.467 e. The van der Waals surface area contributed by atoms with E-state index in [2.05, 4.69) is 37.2 Å². The monoisotopic (exact) mass is 493 g/mol. The number of furan rings is 1. The van der Waals surface area contributed by atoms with E-state index >= 15 is 0 Å². The number of aromatic nitrogens is 2. The Morgan fingerprint density at radius 3 is 2.74 bits per heavy atom. The van der Waals surface area contributed by atoms with Crippen LogP contribution in [0.1, 0.15) is 32.6 Å². The number of hydrogen-bond donors (Lipinski definition) is 1. The lowest BCUT2D eigenvalue weighted by Gasteiger charge is -2.29. The maximum atomic E-state index is 12.9. The third kappa shape index (κ3) is 3.10. The zero-order valence-corrected chi connectivity index (χ0v) is 18.1. The van der Waals surface area contributed by atoms with Gasteiger partial charge in [0, 0.05) is 14.6 Å². The topological polar surface area (TPSA) is 69.3 Å². The second-order valence-corrected chi connectivity index (χ2v) is 8.30. The van der Waals surface area contributed by atoms with E-state index in [1.807, 2.05) is 49.6 Å². The average Bonchev–Trinajstić information content (AvgIpc) is 3.21. The van der Waals surface area contributed by atoms with Crippen molar-refractivity contribution in [3.8, 4) is 0 Å². The summed E-state index contributed by atoms with van der Waals surface area (Å²) in [5.41, 5.74) is 2.87. The Morgan fingerprint density at radius 1 is 1.33 bits per heavy atom. The van der Waals surface area contributed by atoms with Crippen LogP contribution in [-0.4, -0.2) is 21.6 Å². The third-order valence-corrected chi connectivity index (χ3v) is 6.19. The van der Waals surface area contributed by atoms with Gasteiger partial charge in [-0.1, -0.05) is 0 Å². The molecule has 0 saturated heterocycles. The van der Waals surface area contributed by atoms with Crippen molar-refractivity contribution in [1.82, 2.24) is 9.55 Å². The van der Waals surface area contributed by atoms with Gasteiger partial charge in [-0.2, -0.15) is 0 Å². The first kappa shape index (κ1) is 18.3. The molecule has 140 valence electrons. The number of esters is 1. The fraction of sp³-hybridized carbons (Fsp3) is 0.263. The number of anilines is 1. The summed E-state index contributed by atoms with van der Waals surface area (Å²) in [4.78, 5) is 17.6. The highest BCUT2D eigenvalue weighted by atomic mass is 79.9. The molecule has 0 saturated carbocycles. The molecule has 3 heterocycles. The van der Waals surface area contributed by atoms with Gasteiger partial charge in [-0.15, -0.1) is 0 Å². The smallest absolute Gasteiger partial charge is 0.338 e. The van der Waals surface area contributed by atoms with Crippen LogP contribution in [0.3, 0.4) is 0 Å². The van der Waals surface area contributed by atoms with E-state index in [-0.39, 0.29) is 12.1 Å². The molecule has 6 nitrogen and oxygen atoms in total. The van der Waals surface area contributed by atoms with E-state index in [0.29, 0.717) is 23.0 Å². The number of halogens is 2. The average molecular weight is 495 g/mol. The molecule has 8 heteroatoms. The first-order valence-electron chi connectivity index (χ1n) is 8.46. The Bertz CT molecular complexity index is 1070. The molecule has 0 aliphatic carbocycles. The fourth-order valence-corrected chi connectivity index (χ4v) is 3.93. The number of carbonyl (C=O) groups is 1. The van der Waals surface area contributed by atoms with Crippen molar-refractivity contribution in [2.45, 2.75) is 32.9 Å². The van der Waals surface area contributed by atoms with Crippen LogP contribution in [0.4, 0.5) is 5.95 Å². The molecule has 1 atom stereocenters. The molecule has 0 fully saturated rings. The minimum Gasteiger partial charge on any atom is -0.467 e. The number of ether oxygens (including phenoxy) is 1. The molecule has 1 aromatic carbocycles. The van der Waals surface area contributed by atoms with Crippen LogP contribution in [0.5, 0.6) is 0 Å². The van der Waals surface area contributed by atoms with Crippen molar-refractivity contribution in [2.75, 3.05) is 5.32 Å². The van der Waals surface area contributed by atoms with Crippen molar-refractivity contribution in [3.63, 3.8) is 0 Å². The Kier molecular flexibility index (Phi) is 4.63. The first-order valence-corrected chi connectivity index (χ1v) is 10.0. The Labute approximate surface area is 172 Å². The summed E-state index contributed by atoms with van der Waals surface area (Å²) in [6, 6.07) is 7.10. The van der Waals surface area contributed by atoms with Gasteiger partial charge in [0.15, 0.2) is 0 Å². The molecular formula is C19H17Br2N3O3. The van der Waals surface area contributed by atoms with E-state index in [9.17, 15) is 4.79 Å². The van der Waals surface area contributed by atoms with Gasteiger partial charge in [-0.25, -0.2) is 9.78 Å². The van der Waals surface area contributed by atoms with Gasteiger partial charge >= 0.3 is 5.97 Å². The predicted molar refractivity (Wildman–Crippen MR) is 110 cm³/mol. The highest BCUT2D eigenvalue weighted by molar-refractivity contribution is 9.13. The van der Waals surface area contributed by atoms with Crippen LogP contribution in [0.2, 0.25) is 0 Å². The van der Waals surface area contributed by atoms with Crippen LogP contribution in [0, 0.1) is 0 Å². The van der Waals surface area contributed by atoms with Crippen molar-refractivity contribution in [2.24, 2.45) is 0 Å². The minimum absolute atomic E-state index is 0.221. The Balaban J connectivity index is 1.96. The van der Waals surface area contributed by atoms with Crippen LogP contribution in [-0.2, 0) is 9.53 Å². The molecule has 2 aromatic heterocycles. The van der Waals surface area contributed by atoms with Crippen LogP contribution in [0.15, 0.2) is 55.2 Å². The van der Waals surface area contributed by atoms with Gasteiger partial charge in [0.1, 0.15) is 11.8 Å². The molecule has 27 heavy (non-hydrogen) atoms. The van der Waals surface area contributed by atoms with E-state index in [4.69, 9.17) is 14.1 Å². The van der Waals surface area contributed by atoms with Crippen LogP contribution >= 0.6 is 31.9 Å². The Morgan fingerprint density at radius 2 is 2.07 bits per heavy atom. The van der Waals surface area contributed by atoms with Gasteiger partial charge in [-0.05, 0) is 76.9 Å². The Hall–Kier alpha value is -2.06. The second-order valence-electron chi connectivity index (χ2n) is 6.60. The number of rotatable bonds is 3. The molecule has 1 aliphatic heterocycles. The molecule has 1 unspecified atom stereocenters. The molecule has 0 spiro atoms. The number of hydrogen-bond acceptors (Lipinski definition) is 5. The van der Waals surface area contributed by atoms with Gasteiger partial charge < -0.3 is 14.5 Å². The SMILES string of the molecule is CC1=C(C(=O)OC(C)C)C(c2ccco2)n2c(nc3cc(Br)c(Br)cc32)N1. The lowest BCUT2D eigenvalue weighted by Crippen LogP contribution is -2.29. The van der Waals surface area contributed by atoms with Crippen LogP contribution in [0.25, 0.3) is 11.0 Å². The summed E-state index contributed by atoms with van der Waals surface area (Å²) in [5, 5.41) is 3.24. The quantitative estimate of drug-likeness (QED) is 0.494. The standard InChI is InChI=1S/C19H17Br2N3O3/c1-9(2)27-18(25)16-10(3)22-19-23-13-7-11(20)12(21)8-14(13)24(19)17(16)15-5-4-6-26-15/h4-9,17H,1-3H3,(H,22,23). The maximum Gasteiger partial charge on any atom is 0.338 e. The fourth-order valence-electron chi connectivity index (χ4n) is 3.27. The lowest BCUT2D eigenvalue weighted by atomic mass is 10.00. The molecule has 1 N–H and O–H groups in total. The predicted octanol–water partition coefficient (Wildman–Crippen LogP) is 5.39. The number of benzene rings is 1. The molecule has 1 aliphatic rings. The van der Waals surface area contributed by atoms with E-state index in [0.717, 1.165) is 20.0 Å². The lowest BCUT2D eigenvalue weighted by molar-refractivity contribution is -0.143. The van der Waals surface area contributed by atoms with E-state index in [1.54, 1.807) is 6.26 Å². The second kappa shape index (κ2) is 6.83.